The average molecular weight is 388 g/mol. The highest BCUT2D eigenvalue weighted by Gasteiger charge is 2.09. The summed E-state index contributed by atoms with van der Waals surface area (Å²) in [5.41, 5.74) is 3.61. The van der Waals surface area contributed by atoms with Gasteiger partial charge in [0.2, 0.25) is 5.91 Å². The third kappa shape index (κ3) is 5.49. The van der Waals surface area contributed by atoms with Crippen molar-refractivity contribution >= 4 is 40.3 Å². The zero-order chi connectivity index (χ0) is 20.8. The van der Waals surface area contributed by atoms with Gasteiger partial charge in [-0.3, -0.25) is 19.4 Å². The van der Waals surface area contributed by atoms with Gasteiger partial charge in [-0.15, -0.1) is 0 Å². The molecule has 3 N–H and O–H groups in total. The number of Topliss-reactive ketones (excluding diaryl/α,β-unsaturated/α-hetero) is 1. The maximum atomic E-state index is 12.5. The minimum absolute atomic E-state index is 0.00419. The van der Waals surface area contributed by atoms with Crippen molar-refractivity contribution in [3.05, 3.63) is 78.1 Å². The molecule has 2 amide bonds. The van der Waals surface area contributed by atoms with Gasteiger partial charge in [0.25, 0.3) is 5.91 Å². The van der Waals surface area contributed by atoms with Gasteiger partial charge in [-0.1, -0.05) is 0 Å². The number of benzene rings is 2. The number of anilines is 4. The van der Waals surface area contributed by atoms with Crippen LogP contribution in [0.3, 0.4) is 0 Å². The van der Waals surface area contributed by atoms with Gasteiger partial charge in [0.1, 0.15) is 5.69 Å². The molecule has 1 aromatic heterocycles. The Morgan fingerprint density at radius 3 is 1.90 bits per heavy atom. The number of hydrogen-bond acceptors (Lipinski definition) is 5. The van der Waals surface area contributed by atoms with Gasteiger partial charge < -0.3 is 16.0 Å². The fraction of sp³-hybridized carbons (Fsp3) is 0.0909. The summed E-state index contributed by atoms with van der Waals surface area (Å²) in [4.78, 5) is 39.0. The van der Waals surface area contributed by atoms with Crippen LogP contribution in [0.1, 0.15) is 34.7 Å². The zero-order valence-corrected chi connectivity index (χ0v) is 16.0. The molecule has 3 aromatic rings. The number of pyridine rings is 1. The first-order chi connectivity index (χ1) is 13.9. The lowest BCUT2D eigenvalue weighted by atomic mass is 10.1. The largest absolute Gasteiger partial charge is 0.355 e. The molecule has 146 valence electrons. The summed E-state index contributed by atoms with van der Waals surface area (Å²) in [5, 5.41) is 8.62. The molecule has 7 heteroatoms. The van der Waals surface area contributed by atoms with E-state index in [-0.39, 0.29) is 23.3 Å². The molecule has 0 atom stereocenters. The molecule has 0 unspecified atom stereocenters. The summed E-state index contributed by atoms with van der Waals surface area (Å²) in [7, 11) is 0. The molecule has 0 bridgehead atoms. The monoisotopic (exact) mass is 388 g/mol. The Morgan fingerprint density at radius 1 is 0.724 bits per heavy atom. The van der Waals surface area contributed by atoms with Crippen molar-refractivity contribution in [2.45, 2.75) is 13.8 Å². The average Bonchev–Trinajstić information content (AvgIpc) is 2.70. The fourth-order valence-electron chi connectivity index (χ4n) is 2.62. The van der Waals surface area contributed by atoms with Gasteiger partial charge >= 0.3 is 0 Å². The third-order valence-corrected chi connectivity index (χ3v) is 4.04. The highest BCUT2D eigenvalue weighted by molar-refractivity contribution is 6.03. The highest BCUT2D eigenvalue weighted by Crippen LogP contribution is 2.19. The molecule has 0 aliphatic heterocycles. The van der Waals surface area contributed by atoms with Gasteiger partial charge in [0.05, 0.1) is 0 Å². The Bertz CT molecular complexity index is 1040. The lowest BCUT2D eigenvalue weighted by Crippen LogP contribution is -2.14. The molecule has 2 aromatic carbocycles. The van der Waals surface area contributed by atoms with Crippen molar-refractivity contribution in [3.8, 4) is 0 Å². The van der Waals surface area contributed by atoms with Crippen LogP contribution in [0.25, 0.3) is 0 Å². The van der Waals surface area contributed by atoms with Crippen molar-refractivity contribution in [1.82, 2.24) is 4.98 Å². The number of carbonyl (C=O) groups is 3. The smallest absolute Gasteiger partial charge is 0.274 e. The molecule has 0 saturated carbocycles. The molecule has 0 aliphatic rings. The van der Waals surface area contributed by atoms with Gasteiger partial charge in [-0.2, -0.15) is 0 Å². The van der Waals surface area contributed by atoms with Crippen LogP contribution in [0.2, 0.25) is 0 Å². The summed E-state index contributed by atoms with van der Waals surface area (Å²) in [6.07, 6.45) is 1.54. The molecule has 0 radical (unpaired) electrons. The lowest BCUT2D eigenvalue weighted by molar-refractivity contribution is -0.114. The van der Waals surface area contributed by atoms with Crippen LogP contribution < -0.4 is 16.0 Å². The number of nitrogens with zero attached hydrogens (tertiary/aromatic N) is 1. The minimum atomic E-state index is -0.354. The molecule has 0 aliphatic carbocycles. The summed E-state index contributed by atoms with van der Waals surface area (Å²) >= 11 is 0. The number of rotatable bonds is 6. The summed E-state index contributed by atoms with van der Waals surface area (Å²) < 4.78 is 0. The van der Waals surface area contributed by atoms with E-state index >= 15 is 0 Å². The van der Waals surface area contributed by atoms with E-state index in [1.807, 2.05) is 0 Å². The van der Waals surface area contributed by atoms with Crippen LogP contribution in [0.4, 0.5) is 22.7 Å². The standard InChI is InChI=1S/C22H20N4O3/c1-14(27)16-3-5-18(6-4-16)25-20-11-12-23-21(13-20)22(29)26-19-9-7-17(8-10-19)24-15(2)28/h3-13H,1-2H3,(H,23,25)(H,24,28)(H,26,29). The quantitative estimate of drug-likeness (QED) is 0.549. The van der Waals surface area contributed by atoms with Gasteiger partial charge in [0, 0.05) is 41.4 Å². The number of hydrogen-bond donors (Lipinski definition) is 3. The molecule has 3 rings (SSSR count). The molecule has 0 saturated heterocycles. The molecule has 29 heavy (non-hydrogen) atoms. The van der Waals surface area contributed by atoms with Crippen molar-refractivity contribution in [3.63, 3.8) is 0 Å². The third-order valence-electron chi connectivity index (χ3n) is 4.04. The Kier molecular flexibility index (Phi) is 5.99. The predicted molar refractivity (Wildman–Crippen MR) is 113 cm³/mol. The molecular formula is C22H20N4O3. The second-order valence-corrected chi connectivity index (χ2v) is 6.40. The van der Waals surface area contributed by atoms with Gasteiger partial charge in [-0.05, 0) is 67.6 Å². The fourth-order valence-corrected chi connectivity index (χ4v) is 2.62. The number of ketones is 1. The summed E-state index contributed by atoms with van der Waals surface area (Å²) in [6, 6.07) is 17.3. The van der Waals surface area contributed by atoms with E-state index in [1.165, 1.54) is 13.8 Å². The summed E-state index contributed by atoms with van der Waals surface area (Å²) in [6.45, 7) is 2.95. The Morgan fingerprint density at radius 2 is 1.31 bits per heavy atom. The van der Waals surface area contributed by atoms with Crippen LogP contribution in [0, 0.1) is 0 Å². The Hall–Kier alpha value is -4.00. The topological polar surface area (TPSA) is 100 Å². The number of nitrogens with one attached hydrogen (secondary N) is 3. The predicted octanol–water partition coefficient (Wildman–Crippen LogP) is 4.24. The van der Waals surface area contributed by atoms with E-state index in [2.05, 4.69) is 20.9 Å². The number of carbonyl (C=O) groups excluding carboxylic acids is 3. The normalized spacial score (nSPS) is 10.1. The molecular weight excluding hydrogens is 368 g/mol. The van der Waals surface area contributed by atoms with Crippen molar-refractivity contribution in [2.75, 3.05) is 16.0 Å². The lowest BCUT2D eigenvalue weighted by Gasteiger charge is -2.09. The maximum Gasteiger partial charge on any atom is 0.274 e. The SMILES string of the molecule is CC(=O)Nc1ccc(NC(=O)c2cc(Nc3ccc(C(C)=O)cc3)ccn2)cc1. The van der Waals surface area contributed by atoms with E-state index in [9.17, 15) is 14.4 Å². The second-order valence-electron chi connectivity index (χ2n) is 6.40. The first-order valence-corrected chi connectivity index (χ1v) is 8.94. The van der Waals surface area contributed by atoms with E-state index in [0.29, 0.717) is 22.6 Å². The van der Waals surface area contributed by atoms with Crippen LogP contribution in [0.15, 0.2) is 66.9 Å². The molecule has 0 fully saturated rings. The van der Waals surface area contributed by atoms with Crippen LogP contribution in [-0.2, 0) is 4.79 Å². The molecule has 1 heterocycles. The maximum absolute atomic E-state index is 12.5. The van der Waals surface area contributed by atoms with E-state index in [1.54, 1.807) is 66.9 Å². The zero-order valence-electron chi connectivity index (χ0n) is 16.0. The minimum Gasteiger partial charge on any atom is -0.355 e. The van der Waals surface area contributed by atoms with Crippen molar-refractivity contribution < 1.29 is 14.4 Å². The van der Waals surface area contributed by atoms with Crippen molar-refractivity contribution in [2.24, 2.45) is 0 Å². The van der Waals surface area contributed by atoms with Crippen LogP contribution >= 0.6 is 0 Å². The van der Waals surface area contributed by atoms with E-state index in [4.69, 9.17) is 0 Å². The second kappa shape index (κ2) is 8.79. The summed E-state index contributed by atoms with van der Waals surface area (Å²) in [5.74, 6) is -0.511. The first kappa shape index (κ1) is 19.8. The van der Waals surface area contributed by atoms with Crippen LogP contribution in [0.5, 0.6) is 0 Å². The Balaban J connectivity index is 1.67. The Labute approximate surface area is 168 Å². The number of aromatic nitrogens is 1. The first-order valence-electron chi connectivity index (χ1n) is 8.94. The highest BCUT2D eigenvalue weighted by atomic mass is 16.2. The van der Waals surface area contributed by atoms with Crippen molar-refractivity contribution in [1.29, 1.82) is 0 Å². The van der Waals surface area contributed by atoms with Gasteiger partial charge in [-0.25, -0.2) is 0 Å². The van der Waals surface area contributed by atoms with E-state index < -0.39 is 0 Å². The molecule has 0 spiro atoms. The van der Waals surface area contributed by atoms with Gasteiger partial charge in [0.15, 0.2) is 5.78 Å². The number of amides is 2. The van der Waals surface area contributed by atoms with Crippen LogP contribution in [-0.4, -0.2) is 22.6 Å². The molecule has 7 nitrogen and oxygen atoms in total. The van der Waals surface area contributed by atoms with E-state index in [0.717, 1.165) is 5.69 Å².